The molecule has 84 heavy (non-hydrogen) atoms. The summed E-state index contributed by atoms with van der Waals surface area (Å²) in [6.45, 7) is -7.55. The second kappa shape index (κ2) is 33.3. The molecule has 3 aliphatic carbocycles. The van der Waals surface area contributed by atoms with Gasteiger partial charge >= 0.3 is 19.8 Å². The smallest absolute Gasteiger partial charge is 0.387 e. The Morgan fingerprint density at radius 3 is 0.798 bits per heavy atom. The number of aliphatic hydroxyl groups is 3. The van der Waals surface area contributed by atoms with Gasteiger partial charge in [-0.05, 0) is 109 Å². The average molecular weight is 1310 g/mol. The van der Waals surface area contributed by atoms with Gasteiger partial charge in [-0.15, -0.1) is 0 Å². The van der Waals surface area contributed by atoms with E-state index in [2.05, 4.69) is 14.2 Å². The molecular formula is C60H72Cl6F6N3O9+3. The number of aliphatic hydroxyl groups excluding tert-OH is 3. The fraction of sp³-hybridized carbons (Fsp3) is 0.450. The number of alkyl halides is 6. The van der Waals surface area contributed by atoms with Crippen LogP contribution >= 0.6 is 69.6 Å². The van der Waals surface area contributed by atoms with Crippen LogP contribution < -0.4 is 42.1 Å². The van der Waals surface area contributed by atoms with Crippen molar-refractivity contribution in [3.05, 3.63) is 155 Å². The van der Waals surface area contributed by atoms with Gasteiger partial charge in [-0.1, -0.05) is 110 Å². The first kappa shape index (κ1) is 71.6. The zero-order chi connectivity index (χ0) is 58.7. The lowest BCUT2D eigenvalue weighted by atomic mass is 10.0. The number of hydrogen-bond acceptors (Lipinski definition) is 9. The van der Waals surface area contributed by atoms with Crippen molar-refractivity contribution in [2.24, 2.45) is 38.9 Å². The van der Waals surface area contributed by atoms with Crippen molar-refractivity contribution < 1.29 is 83.8 Å². The molecule has 0 bridgehead atoms. The fourth-order valence-electron chi connectivity index (χ4n) is 8.10. The molecule has 24 heteroatoms. The zero-order valence-electron chi connectivity index (χ0n) is 44.0. The summed E-state index contributed by atoms with van der Waals surface area (Å²) < 4.78 is 111. The van der Waals surface area contributed by atoms with Crippen molar-refractivity contribution in [3.63, 3.8) is 0 Å². The highest BCUT2D eigenvalue weighted by Crippen LogP contribution is 2.40. The number of pyridine rings is 3. The fourth-order valence-corrected chi connectivity index (χ4v) is 10.2. The van der Waals surface area contributed by atoms with Crippen LogP contribution in [0.5, 0.6) is 34.5 Å². The molecule has 3 N–H and O–H groups in total. The molecule has 462 valence electrons. The highest BCUT2D eigenvalue weighted by Gasteiger charge is 2.28. The predicted octanol–water partition coefficient (Wildman–Crippen LogP) is 15.4. The third-order valence-electron chi connectivity index (χ3n) is 13.0. The van der Waals surface area contributed by atoms with E-state index in [1.807, 2.05) is 0 Å². The molecule has 6 aromatic rings. The molecule has 0 radical (unpaired) electrons. The molecule has 3 aromatic carbocycles. The van der Waals surface area contributed by atoms with Crippen molar-refractivity contribution >= 4 is 69.6 Å². The van der Waals surface area contributed by atoms with E-state index in [0.29, 0.717) is 101 Å². The van der Waals surface area contributed by atoms with Gasteiger partial charge in [0.15, 0.2) is 71.7 Å². The van der Waals surface area contributed by atoms with Gasteiger partial charge in [0.1, 0.15) is 51.3 Å². The zero-order valence-corrected chi connectivity index (χ0v) is 48.5. The van der Waals surface area contributed by atoms with E-state index in [9.17, 15) is 41.7 Å². The molecule has 12 nitrogen and oxygen atoms in total. The minimum Gasteiger partial charge on any atom is -0.489 e. The molecule has 3 atom stereocenters. The molecule has 0 saturated heterocycles. The third kappa shape index (κ3) is 22.1. The van der Waals surface area contributed by atoms with Gasteiger partial charge in [-0.25, -0.2) is 13.7 Å². The lowest BCUT2D eigenvalue weighted by Gasteiger charge is -2.17. The van der Waals surface area contributed by atoms with Crippen LogP contribution in [-0.4, -0.2) is 55.0 Å². The summed E-state index contributed by atoms with van der Waals surface area (Å²) in [4.78, 5) is 0. The number of hydrogen-bond donors (Lipinski definition) is 3. The van der Waals surface area contributed by atoms with E-state index >= 15 is 0 Å². The Morgan fingerprint density at radius 1 is 0.393 bits per heavy atom. The summed E-state index contributed by atoms with van der Waals surface area (Å²) in [5.74, 6) is 1.75. The van der Waals surface area contributed by atoms with E-state index < -0.39 is 38.1 Å². The third-order valence-corrected chi connectivity index (χ3v) is 15.0. The van der Waals surface area contributed by atoms with E-state index in [4.69, 9.17) is 83.8 Å². The summed E-state index contributed by atoms with van der Waals surface area (Å²) in [5.41, 5.74) is 3.33. The first-order chi connectivity index (χ1) is 38.5. The van der Waals surface area contributed by atoms with Gasteiger partial charge in [0.05, 0.1) is 38.1 Å². The Bertz CT molecular complexity index is 2700. The molecule has 3 aromatic heterocycles. The summed E-state index contributed by atoms with van der Waals surface area (Å²) in [5, 5.41) is 34.5. The van der Waals surface area contributed by atoms with Crippen LogP contribution in [0.2, 0.25) is 30.1 Å². The Labute approximate surface area is 517 Å². The van der Waals surface area contributed by atoms with Gasteiger partial charge in [-0.2, -0.15) is 26.3 Å². The van der Waals surface area contributed by atoms with Crippen molar-refractivity contribution in [2.45, 2.75) is 118 Å². The maximum absolute atomic E-state index is 12.6. The van der Waals surface area contributed by atoms with Gasteiger partial charge in [0, 0.05) is 36.0 Å². The number of aryl methyl sites for hydroxylation is 3. The van der Waals surface area contributed by atoms with E-state index in [1.54, 1.807) is 72.0 Å². The van der Waals surface area contributed by atoms with Crippen molar-refractivity contribution in [2.75, 3.05) is 19.8 Å². The maximum Gasteiger partial charge on any atom is 0.387 e. The van der Waals surface area contributed by atoms with Crippen LogP contribution in [0.3, 0.4) is 0 Å². The first-order valence-electron chi connectivity index (χ1n) is 25.7. The number of rotatable bonds is 24. The quantitative estimate of drug-likeness (QED) is 0.0401. The van der Waals surface area contributed by atoms with Crippen molar-refractivity contribution in [1.29, 1.82) is 0 Å². The summed E-state index contributed by atoms with van der Waals surface area (Å²) in [6, 6.07) is 13.3. The van der Waals surface area contributed by atoms with Crippen LogP contribution in [0.25, 0.3) is 0 Å². The number of nitrogens with zero attached hydrogens (tertiary/aromatic N) is 3. The summed E-state index contributed by atoms with van der Waals surface area (Å²) >= 11 is 37.4. The second-order valence-corrected chi connectivity index (χ2v) is 22.4. The Balaban J connectivity index is 0.000000266. The van der Waals surface area contributed by atoms with Crippen LogP contribution in [0.1, 0.15) is 112 Å². The number of halogens is 12. The monoisotopic (exact) mass is 1300 g/mol. The summed E-state index contributed by atoms with van der Waals surface area (Å²) in [7, 11) is 5.38. The lowest BCUT2D eigenvalue weighted by molar-refractivity contribution is -0.671. The molecule has 0 aliphatic heterocycles. The van der Waals surface area contributed by atoms with Gasteiger partial charge in [0.2, 0.25) is 0 Å². The molecule has 3 aliphatic rings. The molecule has 0 amide bonds. The van der Waals surface area contributed by atoms with E-state index in [0.717, 1.165) is 38.5 Å². The van der Waals surface area contributed by atoms with Crippen molar-refractivity contribution in [1.82, 2.24) is 0 Å². The molecule has 9 rings (SSSR count). The van der Waals surface area contributed by atoms with Gasteiger partial charge in [-0.3, -0.25) is 0 Å². The SMILES string of the molecule is C.C.C.C[n+]1cc(Cl)c(CC(O)c2ccc(OC(F)F)c(OCC3CC3)c2)c(Cl)c1.C[n+]1cc(Cl)c(C[C@@H](O)c2ccc(OC(F)F)c(OCC3CC3)c2)c(Cl)c1.C[n+]1cc(Cl)c(C[C@H](O)c2ccc(OC(F)F)c(OCC3CC3)c2)c(Cl)c1. The average Bonchev–Trinajstić information content (AvgIpc) is 4.42. The van der Waals surface area contributed by atoms with Crippen LogP contribution in [0.4, 0.5) is 26.3 Å². The standard InChI is InChI=1S/3C19H20Cl2F2NO3.3CH4/c3*1-24-8-14(20)13(15(21)9-24)7-16(25)12-4-5-17(27-19(22)23)18(6-12)26-10-11-2-3-11;;;/h3*4-6,8-9,11,16,19,25H,2-3,7,10H2,1H3;3*1H4/q3*+1;;;/t2*16-;;;;/m10..../s1. The summed E-state index contributed by atoms with van der Waals surface area (Å²) in [6.07, 6.45) is 14.3. The maximum atomic E-state index is 12.6. The number of aromatic nitrogens is 3. The number of ether oxygens (including phenoxy) is 6. The van der Waals surface area contributed by atoms with E-state index in [1.165, 1.54) is 54.6 Å². The van der Waals surface area contributed by atoms with Gasteiger partial charge in [0.25, 0.3) is 0 Å². The molecule has 3 heterocycles. The largest absolute Gasteiger partial charge is 0.489 e. The molecular weight excluding hydrogens is 1230 g/mol. The molecule has 3 saturated carbocycles. The molecule has 3 fully saturated rings. The van der Waals surface area contributed by atoms with Crippen molar-refractivity contribution in [3.8, 4) is 34.5 Å². The molecule has 1 unspecified atom stereocenters. The van der Waals surface area contributed by atoms with Crippen LogP contribution in [0, 0.1) is 17.8 Å². The predicted molar refractivity (Wildman–Crippen MR) is 313 cm³/mol. The number of benzene rings is 3. The Morgan fingerprint density at radius 2 is 0.607 bits per heavy atom. The topological polar surface area (TPSA) is 128 Å². The normalized spacial score (nSPS) is 14.5. The first-order valence-corrected chi connectivity index (χ1v) is 27.9. The van der Waals surface area contributed by atoms with E-state index in [-0.39, 0.29) is 76.0 Å². The highest BCUT2D eigenvalue weighted by molar-refractivity contribution is 6.36. The Hall–Kier alpha value is -4.89. The molecule has 0 spiro atoms. The minimum absolute atomic E-state index is 0. The Kier molecular flexibility index (Phi) is 28.4. The van der Waals surface area contributed by atoms with Gasteiger partial charge < -0.3 is 43.7 Å². The van der Waals surface area contributed by atoms with Crippen LogP contribution in [0.15, 0.2) is 91.8 Å². The van der Waals surface area contributed by atoms with Crippen LogP contribution in [-0.2, 0) is 40.4 Å². The lowest BCUT2D eigenvalue weighted by Crippen LogP contribution is -2.27. The second-order valence-electron chi connectivity index (χ2n) is 20.0. The minimum atomic E-state index is -2.95. The highest BCUT2D eigenvalue weighted by atomic mass is 35.5.